The number of amides is 1. The summed E-state index contributed by atoms with van der Waals surface area (Å²) in [4.78, 5) is 25.8. The van der Waals surface area contributed by atoms with Crippen LogP contribution in [0.15, 0.2) is 30.3 Å². The van der Waals surface area contributed by atoms with Crippen LogP contribution in [0.5, 0.6) is 0 Å². The van der Waals surface area contributed by atoms with E-state index in [0.29, 0.717) is 36.5 Å². The van der Waals surface area contributed by atoms with Crippen molar-refractivity contribution in [2.45, 2.75) is 64.5 Å². The van der Waals surface area contributed by atoms with Crippen molar-refractivity contribution in [2.75, 3.05) is 13.2 Å². The number of hydrogen-bond acceptors (Lipinski definition) is 3. The Hall–Kier alpha value is -2.85. The van der Waals surface area contributed by atoms with Crippen LogP contribution < -0.4 is 0 Å². The number of nitrogens with zero attached hydrogens (tertiary/aromatic N) is 2. The third-order valence-electron chi connectivity index (χ3n) is 6.22. The molecule has 0 unspecified atom stereocenters. The largest absolute Gasteiger partial charge is 0.671 e. The number of fused-ring (bicyclic) bond motifs is 1. The van der Waals surface area contributed by atoms with Crippen molar-refractivity contribution in [3.63, 3.8) is 0 Å². The molecule has 10 heteroatoms. The van der Waals surface area contributed by atoms with Crippen molar-refractivity contribution in [3.8, 4) is 0 Å². The summed E-state index contributed by atoms with van der Waals surface area (Å²) >= 11 is 0. The summed E-state index contributed by atoms with van der Waals surface area (Å²) in [6, 6.07) is 6.06. The van der Waals surface area contributed by atoms with Crippen molar-refractivity contribution in [1.82, 2.24) is 9.47 Å². The second-order valence-electron chi connectivity index (χ2n) is 8.47. The summed E-state index contributed by atoms with van der Waals surface area (Å²) in [5.74, 6) is -1.07. The van der Waals surface area contributed by atoms with Gasteiger partial charge in [0.2, 0.25) is 0 Å². The molecule has 0 aliphatic carbocycles. The van der Waals surface area contributed by atoms with E-state index in [9.17, 15) is 27.9 Å². The first-order valence-electron chi connectivity index (χ1n) is 11.3. The Morgan fingerprint density at radius 3 is 2.44 bits per heavy atom. The fourth-order valence-electron chi connectivity index (χ4n) is 4.21. The van der Waals surface area contributed by atoms with Crippen LogP contribution in [0.1, 0.15) is 76.8 Å². The van der Waals surface area contributed by atoms with E-state index >= 15 is 0 Å². The van der Waals surface area contributed by atoms with Gasteiger partial charge < -0.3 is 25.0 Å². The molecule has 7 nitrogen and oxygen atoms in total. The monoisotopic (exact) mass is 480 g/mol. The average Bonchev–Trinajstić information content (AvgIpc) is 3.42. The summed E-state index contributed by atoms with van der Waals surface area (Å²) in [6.45, 7) is 5.91. The molecule has 1 aromatic carbocycles. The molecule has 2 aliphatic rings. The van der Waals surface area contributed by atoms with Gasteiger partial charge in [0.25, 0.3) is 5.91 Å². The number of carbonyl (C=O) groups is 2. The predicted octanol–water partition coefficient (Wildman–Crippen LogP) is 5.55. The molecule has 2 N–H and O–H groups in total. The highest BCUT2D eigenvalue weighted by atomic mass is 19.4. The molecule has 4 rings (SSSR count). The SMILES string of the molecule is CC[C@@H]([NH-])c1ccc(C(F)(F)F)cc1.C[C@H]1CCCN1C(=O)c1cc(C(=O)O)c2n1CCOC2. The Morgan fingerprint density at radius 1 is 1.24 bits per heavy atom. The molecular weight excluding hydrogens is 451 g/mol. The van der Waals surface area contributed by atoms with E-state index in [1.807, 2.05) is 18.7 Å². The third-order valence-corrected chi connectivity index (χ3v) is 6.22. The second kappa shape index (κ2) is 10.6. The lowest BCUT2D eigenvalue weighted by Crippen LogP contribution is -2.35. The maximum absolute atomic E-state index is 12.6. The smallest absolute Gasteiger partial charge is 0.416 e. The number of likely N-dealkylation sites (tertiary alicyclic amines) is 1. The molecule has 2 aliphatic heterocycles. The summed E-state index contributed by atoms with van der Waals surface area (Å²) < 4.78 is 43.6. The van der Waals surface area contributed by atoms with Crippen LogP contribution in [-0.4, -0.2) is 45.6 Å². The number of aromatic nitrogens is 1. The highest BCUT2D eigenvalue weighted by Gasteiger charge is 2.32. The van der Waals surface area contributed by atoms with Gasteiger partial charge in [-0.1, -0.05) is 31.0 Å². The van der Waals surface area contributed by atoms with Crippen LogP contribution in [0.3, 0.4) is 0 Å². The molecule has 2 aromatic rings. The Morgan fingerprint density at radius 2 is 1.91 bits per heavy atom. The number of ether oxygens (including phenoxy) is 1. The molecule has 1 saturated heterocycles. The lowest BCUT2D eigenvalue weighted by Gasteiger charge is -2.24. The van der Waals surface area contributed by atoms with E-state index in [4.69, 9.17) is 10.5 Å². The number of nitrogens with one attached hydrogen (secondary N) is 1. The van der Waals surface area contributed by atoms with Crippen LogP contribution in [0, 0.1) is 0 Å². The molecule has 186 valence electrons. The number of halogens is 3. The van der Waals surface area contributed by atoms with Crippen molar-refractivity contribution < 1.29 is 32.6 Å². The standard InChI is InChI=1S/C14H18N2O4.C10H11F3N/c1-9-3-2-4-15(9)13(17)11-7-10(14(18)19)12-8-20-6-5-16(11)12;1-2-9(14)7-3-5-8(6-4-7)10(11,12)13/h7,9H,2-6,8H2,1H3,(H,18,19);3-6,9,14H,2H2,1H3/q;-1/t2*9-/m01/s1. The summed E-state index contributed by atoms with van der Waals surface area (Å²) in [7, 11) is 0. The predicted molar refractivity (Wildman–Crippen MR) is 120 cm³/mol. The summed E-state index contributed by atoms with van der Waals surface area (Å²) in [6.07, 6.45) is -1.67. The van der Waals surface area contributed by atoms with E-state index in [2.05, 4.69) is 0 Å². The first kappa shape index (κ1) is 25.8. The fourth-order valence-corrected chi connectivity index (χ4v) is 4.21. The minimum Gasteiger partial charge on any atom is -0.671 e. The number of hydrogen-bond donors (Lipinski definition) is 1. The van der Waals surface area contributed by atoms with Gasteiger partial charge in [-0.2, -0.15) is 13.2 Å². The van der Waals surface area contributed by atoms with Crippen molar-refractivity contribution in [2.24, 2.45) is 0 Å². The van der Waals surface area contributed by atoms with Gasteiger partial charge in [-0.15, -0.1) is 6.04 Å². The van der Waals surface area contributed by atoms with E-state index in [-0.39, 0.29) is 24.1 Å². The Kier molecular flexibility index (Phi) is 8.04. The lowest BCUT2D eigenvalue weighted by molar-refractivity contribution is -0.137. The van der Waals surface area contributed by atoms with Crippen LogP contribution in [0.25, 0.3) is 5.73 Å². The van der Waals surface area contributed by atoms with Crippen LogP contribution >= 0.6 is 0 Å². The first-order valence-corrected chi connectivity index (χ1v) is 11.3. The van der Waals surface area contributed by atoms with Crippen molar-refractivity contribution >= 4 is 11.9 Å². The molecule has 0 spiro atoms. The maximum atomic E-state index is 12.6. The van der Waals surface area contributed by atoms with Gasteiger partial charge in [-0.3, -0.25) is 4.79 Å². The van der Waals surface area contributed by atoms with Gasteiger partial charge in [-0.05, 0) is 38.0 Å². The van der Waals surface area contributed by atoms with Crippen LogP contribution in [-0.2, 0) is 24.1 Å². The molecule has 0 saturated carbocycles. The van der Waals surface area contributed by atoms with Crippen molar-refractivity contribution in [1.29, 1.82) is 0 Å². The fraction of sp³-hybridized carbons (Fsp3) is 0.500. The maximum Gasteiger partial charge on any atom is 0.416 e. The molecule has 1 fully saturated rings. The highest BCUT2D eigenvalue weighted by Crippen LogP contribution is 2.30. The zero-order valence-corrected chi connectivity index (χ0v) is 19.2. The van der Waals surface area contributed by atoms with E-state index in [1.165, 1.54) is 18.2 Å². The Balaban J connectivity index is 0.000000204. The molecular formula is C24H29F3N3O4-. The van der Waals surface area contributed by atoms with E-state index in [0.717, 1.165) is 31.5 Å². The third kappa shape index (κ3) is 5.61. The Bertz CT molecular complexity index is 1020. The van der Waals surface area contributed by atoms with Gasteiger partial charge in [0.1, 0.15) is 5.69 Å². The number of carbonyl (C=O) groups excluding carboxylic acids is 1. The number of carboxylic acids is 1. The molecule has 1 amide bonds. The number of benzene rings is 1. The Labute approximate surface area is 196 Å². The van der Waals surface area contributed by atoms with Crippen molar-refractivity contribution in [3.05, 3.63) is 64.1 Å². The quantitative estimate of drug-likeness (QED) is 0.621. The van der Waals surface area contributed by atoms with Crippen LogP contribution in [0.4, 0.5) is 13.2 Å². The molecule has 3 heterocycles. The number of alkyl halides is 3. The summed E-state index contributed by atoms with van der Waals surface area (Å²) in [5, 5.41) is 9.26. The first-order chi connectivity index (χ1) is 16.0. The van der Waals surface area contributed by atoms with Gasteiger partial charge in [0.05, 0.1) is 30.0 Å². The van der Waals surface area contributed by atoms with Gasteiger partial charge in [0, 0.05) is 19.1 Å². The molecule has 1 aromatic heterocycles. The minimum absolute atomic E-state index is 0.0642. The second-order valence-corrected chi connectivity index (χ2v) is 8.47. The zero-order valence-electron chi connectivity index (χ0n) is 19.2. The molecule has 0 radical (unpaired) electrons. The molecule has 0 bridgehead atoms. The van der Waals surface area contributed by atoms with E-state index in [1.54, 1.807) is 4.57 Å². The number of rotatable bonds is 4. The number of carboxylic acid groups (broad SMARTS) is 1. The summed E-state index contributed by atoms with van der Waals surface area (Å²) in [5.41, 5.74) is 8.73. The minimum atomic E-state index is -4.29. The van der Waals surface area contributed by atoms with Gasteiger partial charge >= 0.3 is 12.1 Å². The van der Waals surface area contributed by atoms with Crippen LogP contribution in [0.2, 0.25) is 0 Å². The topological polar surface area (TPSA) is 95.6 Å². The van der Waals surface area contributed by atoms with Gasteiger partial charge in [-0.25, -0.2) is 4.79 Å². The van der Waals surface area contributed by atoms with Gasteiger partial charge in [0.15, 0.2) is 0 Å². The zero-order chi connectivity index (χ0) is 25.0. The molecule has 2 atom stereocenters. The lowest BCUT2D eigenvalue weighted by atomic mass is 10.0. The molecule has 34 heavy (non-hydrogen) atoms. The normalized spacial score (nSPS) is 18.6. The van der Waals surface area contributed by atoms with E-state index < -0.39 is 23.8 Å². The highest BCUT2D eigenvalue weighted by molar-refractivity contribution is 5.98. The number of aromatic carboxylic acids is 1. The average molecular weight is 481 g/mol.